The molecule has 0 bridgehead atoms. The first-order chi connectivity index (χ1) is 7.49. The van der Waals surface area contributed by atoms with E-state index in [2.05, 4.69) is 5.32 Å². The molecule has 1 amide bonds. The monoisotopic (exact) mass is 245 g/mol. The SMILES string of the molecule is O=C(O)CCC(=O)Nc1cc(Cl)ccc1F. The molecule has 1 aromatic rings. The number of carbonyl (C=O) groups excluding carboxylic acids is 1. The summed E-state index contributed by atoms with van der Waals surface area (Å²) in [4.78, 5) is 21.4. The molecule has 0 aliphatic heterocycles. The molecule has 0 atom stereocenters. The highest BCUT2D eigenvalue weighted by molar-refractivity contribution is 6.30. The van der Waals surface area contributed by atoms with E-state index in [1.165, 1.54) is 12.1 Å². The fourth-order valence-electron chi connectivity index (χ4n) is 1.03. The normalized spacial score (nSPS) is 9.88. The van der Waals surface area contributed by atoms with E-state index in [1.54, 1.807) is 0 Å². The zero-order valence-electron chi connectivity index (χ0n) is 8.17. The molecule has 16 heavy (non-hydrogen) atoms. The van der Waals surface area contributed by atoms with Crippen molar-refractivity contribution >= 4 is 29.2 Å². The van der Waals surface area contributed by atoms with Crippen LogP contribution in [0.1, 0.15) is 12.8 Å². The highest BCUT2D eigenvalue weighted by Crippen LogP contribution is 2.19. The van der Waals surface area contributed by atoms with E-state index in [9.17, 15) is 14.0 Å². The van der Waals surface area contributed by atoms with Crippen molar-refractivity contribution in [2.24, 2.45) is 0 Å². The Morgan fingerprint density at radius 2 is 2.06 bits per heavy atom. The minimum Gasteiger partial charge on any atom is -0.481 e. The van der Waals surface area contributed by atoms with Crippen molar-refractivity contribution in [1.82, 2.24) is 0 Å². The van der Waals surface area contributed by atoms with Crippen LogP contribution in [-0.4, -0.2) is 17.0 Å². The van der Waals surface area contributed by atoms with Gasteiger partial charge in [0.1, 0.15) is 5.82 Å². The minimum absolute atomic E-state index is 0.0529. The van der Waals surface area contributed by atoms with Gasteiger partial charge in [0.25, 0.3) is 0 Å². The molecular formula is C10H9ClFNO3. The first kappa shape index (κ1) is 12.4. The number of aliphatic carboxylic acids is 1. The van der Waals surface area contributed by atoms with E-state index in [0.717, 1.165) is 6.07 Å². The number of benzene rings is 1. The predicted molar refractivity (Wildman–Crippen MR) is 56.9 cm³/mol. The van der Waals surface area contributed by atoms with Crippen molar-refractivity contribution in [3.63, 3.8) is 0 Å². The van der Waals surface area contributed by atoms with E-state index in [1.807, 2.05) is 0 Å². The average molecular weight is 246 g/mol. The third kappa shape index (κ3) is 3.86. The Hall–Kier alpha value is -1.62. The van der Waals surface area contributed by atoms with Gasteiger partial charge in [-0.3, -0.25) is 9.59 Å². The summed E-state index contributed by atoms with van der Waals surface area (Å²) in [5.41, 5.74) is -0.0529. The number of carboxylic acids is 1. The van der Waals surface area contributed by atoms with Crippen molar-refractivity contribution < 1.29 is 19.1 Å². The summed E-state index contributed by atoms with van der Waals surface area (Å²) >= 11 is 5.62. The van der Waals surface area contributed by atoms with Gasteiger partial charge in [0.05, 0.1) is 12.1 Å². The Balaban J connectivity index is 2.62. The molecule has 1 aromatic carbocycles. The lowest BCUT2D eigenvalue weighted by molar-refractivity contribution is -0.138. The lowest BCUT2D eigenvalue weighted by atomic mass is 10.2. The fraction of sp³-hybridized carbons (Fsp3) is 0.200. The molecule has 0 heterocycles. The molecule has 0 aliphatic carbocycles. The fourth-order valence-corrected chi connectivity index (χ4v) is 1.20. The standard InChI is InChI=1S/C10H9ClFNO3/c11-6-1-2-7(12)8(5-6)13-9(14)3-4-10(15)16/h1-2,5H,3-4H2,(H,13,14)(H,15,16). The van der Waals surface area contributed by atoms with E-state index in [4.69, 9.17) is 16.7 Å². The summed E-state index contributed by atoms with van der Waals surface area (Å²) in [6.45, 7) is 0. The summed E-state index contributed by atoms with van der Waals surface area (Å²) in [5.74, 6) is -2.27. The molecule has 0 aromatic heterocycles. The van der Waals surface area contributed by atoms with Gasteiger partial charge in [-0.1, -0.05) is 11.6 Å². The van der Waals surface area contributed by atoms with Crippen LogP contribution in [0.4, 0.5) is 10.1 Å². The van der Waals surface area contributed by atoms with E-state index in [0.29, 0.717) is 0 Å². The molecule has 0 spiro atoms. The van der Waals surface area contributed by atoms with Crippen molar-refractivity contribution in [2.75, 3.05) is 5.32 Å². The highest BCUT2D eigenvalue weighted by Gasteiger charge is 2.09. The second-order valence-electron chi connectivity index (χ2n) is 3.07. The number of carboxylic acid groups (broad SMARTS) is 1. The molecule has 4 nitrogen and oxygen atoms in total. The zero-order chi connectivity index (χ0) is 12.1. The van der Waals surface area contributed by atoms with Crippen molar-refractivity contribution in [2.45, 2.75) is 12.8 Å². The summed E-state index contributed by atoms with van der Waals surface area (Å²) in [6.07, 6.45) is -0.505. The van der Waals surface area contributed by atoms with Gasteiger partial charge in [-0.25, -0.2) is 4.39 Å². The van der Waals surface area contributed by atoms with Crippen LogP contribution in [0, 0.1) is 5.82 Å². The van der Waals surface area contributed by atoms with Crippen LogP contribution in [0.15, 0.2) is 18.2 Å². The number of amides is 1. The summed E-state index contributed by atoms with van der Waals surface area (Å²) in [5, 5.41) is 10.9. The Labute approximate surface area is 96.0 Å². The molecule has 86 valence electrons. The number of nitrogens with one attached hydrogen (secondary N) is 1. The van der Waals surface area contributed by atoms with Crippen LogP contribution in [0.25, 0.3) is 0 Å². The molecule has 0 fully saturated rings. The molecule has 0 aliphatic rings. The molecule has 1 rings (SSSR count). The van der Waals surface area contributed by atoms with Crippen LogP contribution in [0.5, 0.6) is 0 Å². The average Bonchev–Trinajstić information content (AvgIpc) is 2.20. The lowest BCUT2D eigenvalue weighted by Gasteiger charge is -2.05. The van der Waals surface area contributed by atoms with E-state index in [-0.39, 0.29) is 23.6 Å². The maximum Gasteiger partial charge on any atom is 0.303 e. The first-order valence-electron chi connectivity index (χ1n) is 4.45. The number of hydrogen-bond acceptors (Lipinski definition) is 2. The summed E-state index contributed by atoms with van der Waals surface area (Å²) in [7, 11) is 0. The topological polar surface area (TPSA) is 66.4 Å². The van der Waals surface area contributed by atoms with E-state index >= 15 is 0 Å². The second-order valence-corrected chi connectivity index (χ2v) is 3.50. The molecular weight excluding hydrogens is 237 g/mol. The van der Waals surface area contributed by atoms with Gasteiger partial charge in [0.15, 0.2) is 0 Å². The van der Waals surface area contributed by atoms with Crippen molar-refractivity contribution in [3.8, 4) is 0 Å². The van der Waals surface area contributed by atoms with Gasteiger partial charge >= 0.3 is 5.97 Å². The van der Waals surface area contributed by atoms with Gasteiger partial charge in [-0.15, -0.1) is 0 Å². The van der Waals surface area contributed by atoms with Gasteiger partial charge in [0, 0.05) is 11.4 Å². The van der Waals surface area contributed by atoms with Crippen LogP contribution >= 0.6 is 11.6 Å². The van der Waals surface area contributed by atoms with Crippen molar-refractivity contribution in [3.05, 3.63) is 29.0 Å². The van der Waals surface area contributed by atoms with Crippen LogP contribution in [0.3, 0.4) is 0 Å². The van der Waals surface area contributed by atoms with Crippen molar-refractivity contribution in [1.29, 1.82) is 0 Å². The van der Waals surface area contributed by atoms with Gasteiger partial charge in [-0.2, -0.15) is 0 Å². The molecule has 0 radical (unpaired) electrons. The summed E-state index contributed by atoms with van der Waals surface area (Å²) in [6, 6.07) is 3.73. The third-order valence-electron chi connectivity index (χ3n) is 1.77. The summed E-state index contributed by atoms with van der Waals surface area (Å²) < 4.78 is 13.1. The van der Waals surface area contributed by atoms with Crippen LogP contribution < -0.4 is 5.32 Å². The largest absolute Gasteiger partial charge is 0.481 e. The number of anilines is 1. The van der Waals surface area contributed by atoms with Gasteiger partial charge in [0.2, 0.25) is 5.91 Å². The Morgan fingerprint density at radius 1 is 1.38 bits per heavy atom. The van der Waals surface area contributed by atoms with Crippen LogP contribution in [0.2, 0.25) is 5.02 Å². The number of hydrogen-bond donors (Lipinski definition) is 2. The predicted octanol–water partition coefficient (Wildman–Crippen LogP) is 2.28. The minimum atomic E-state index is -1.08. The molecule has 0 saturated heterocycles. The third-order valence-corrected chi connectivity index (χ3v) is 2.00. The second kappa shape index (κ2) is 5.46. The molecule has 6 heteroatoms. The first-order valence-corrected chi connectivity index (χ1v) is 4.83. The lowest BCUT2D eigenvalue weighted by Crippen LogP contribution is -2.14. The van der Waals surface area contributed by atoms with Crippen LogP contribution in [-0.2, 0) is 9.59 Å². The van der Waals surface area contributed by atoms with Gasteiger partial charge < -0.3 is 10.4 Å². The number of rotatable bonds is 4. The zero-order valence-corrected chi connectivity index (χ0v) is 8.92. The number of carbonyl (C=O) groups is 2. The number of halogens is 2. The molecule has 0 saturated carbocycles. The van der Waals surface area contributed by atoms with E-state index < -0.39 is 17.7 Å². The Bertz CT molecular complexity index is 423. The maximum absolute atomic E-state index is 13.1. The van der Waals surface area contributed by atoms with Gasteiger partial charge in [-0.05, 0) is 18.2 Å². The smallest absolute Gasteiger partial charge is 0.303 e. The quantitative estimate of drug-likeness (QED) is 0.855. The maximum atomic E-state index is 13.1. The Kier molecular flexibility index (Phi) is 4.25. The highest BCUT2D eigenvalue weighted by atomic mass is 35.5. The Morgan fingerprint density at radius 3 is 2.69 bits per heavy atom. The molecule has 0 unspecified atom stereocenters. The molecule has 2 N–H and O–H groups in total.